The van der Waals surface area contributed by atoms with Crippen molar-refractivity contribution in [2.24, 2.45) is 4.99 Å². The predicted molar refractivity (Wildman–Crippen MR) is 127 cm³/mol. The van der Waals surface area contributed by atoms with E-state index in [1.807, 2.05) is 0 Å². The first-order valence-electron chi connectivity index (χ1n) is 9.86. The van der Waals surface area contributed by atoms with Gasteiger partial charge in [-0.3, -0.25) is 10.1 Å². The maximum Gasteiger partial charge on any atom is 0.363 e. The van der Waals surface area contributed by atoms with E-state index >= 15 is 0 Å². The van der Waals surface area contributed by atoms with Crippen molar-refractivity contribution in [2.45, 2.75) is 6.61 Å². The van der Waals surface area contributed by atoms with Gasteiger partial charge >= 0.3 is 5.97 Å². The molecule has 0 saturated carbocycles. The Bertz CT molecular complexity index is 1350. The highest BCUT2D eigenvalue weighted by Crippen LogP contribution is 2.31. The summed E-state index contributed by atoms with van der Waals surface area (Å²) in [6, 6.07) is 15.9. The van der Waals surface area contributed by atoms with E-state index in [0.29, 0.717) is 32.7 Å². The number of esters is 1. The Kier molecular flexibility index (Phi) is 6.81. The van der Waals surface area contributed by atoms with E-state index in [4.69, 9.17) is 37.4 Å². The van der Waals surface area contributed by atoms with E-state index in [1.165, 1.54) is 31.4 Å². The zero-order valence-corrected chi connectivity index (χ0v) is 19.2. The number of nitrogens with zero attached hydrogens (tertiary/aromatic N) is 2. The lowest BCUT2D eigenvalue weighted by molar-refractivity contribution is -0.384. The van der Waals surface area contributed by atoms with Crippen LogP contribution in [0.1, 0.15) is 16.7 Å². The number of non-ortho nitro benzene ring substituents is 1. The SMILES string of the molecule is COc1cc(C=C2N=C(c3cccc([N+](=O)[O-])c3)OC2=O)ccc1OCc1ccc(Cl)cc1Cl. The number of hydrogen-bond donors (Lipinski definition) is 0. The molecule has 0 spiro atoms. The van der Waals surface area contributed by atoms with Crippen LogP contribution in [-0.2, 0) is 16.1 Å². The van der Waals surface area contributed by atoms with Crippen LogP contribution in [0, 0.1) is 10.1 Å². The number of ether oxygens (including phenoxy) is 3. The highest BCUT2D eigenvalue weighted by molar-refractivity contribution is 6.35. The number of halogens is 2. The molecule has 0 amide bonds. The van der Waals surface area contributed by atoms with Crippen molar-refractivity contribution in [2.75, 3.05) is 7.11 Å². The number of methoxy groups -OCH3 is 1. The van der Waals surface area contributed by atoms with Crippen LogP contribution in [0.2, 0.25) is 10.0 Å². The van der Waals surface area contributed by atoms with E-state index in [-0.39, 0.29) is 23.9 Å². The van der Waals surface area contributed by atoms with Gasteiger partial charge in [-0.2, -0.15) is 0 Å². The smallest absolute Gasteiger partial charge is 0.363 e. The zero-order valence-electron chi connectivity index (χ0n) is 17.7. The zero-order chi connectivity index (χ0) is 24.2. The third kappa shape index (κ3) is 5.19. The minimum Gasteiger partial charge on any atom is -0.493 e. The summed E-state index contributed by atoms with van der Waals surface area (Å²) in [4.78, 5) is 27.0. The third-order valence-corrected chi connectivity index (χ3v) is 5.40. The van der Waals surface area contributed by atoms with Gasteiger partial charge < -0.3 is 14.2 Å². The molecule has 0 aromatic heterocycles. The molecule has 3 aromatic carbocycles. The van der Waals surface area contributed by atoms with Crippen molar-refractivity contribution in [3.8, 4) is 11.5 Å². The molecule has 0 radical (unpaired) electrons. The van der Waals surface area contributed by atoms with Gasteiger partial charge in [-0.25, -0.2) is 9.79 Å². The Morgan fingerprint density at radius 3 is 2.65 bits per heavy atom. The van der Waals surface area contributed by atoms with Crippen LogP contribution < -0.4 is 9.47 Å². The van der Waals surface area contributed by atoms with Gasteiger partial charge in [-0.15, -0.1) is 0 Å². The second-order valence-corrected chi connectivity index (χ2v) is 7.92. The average Bonchev–Trinajstić information content (AvgIpc) is 3.19. The summed E-state index contributed by atoms with van der Waals surface area (Å²) in [6.07, 6.45) is 1.52. The van der Waals surface area contributed by atoms with Crippen molar-refractivity contribution >= 4 is 46.8 Å². The lowest BCUT2D eigenvalue weighted by Gasteiger charge is -2.12. The van der Waals surface area contributed by atoms with E-state index < -0.39 is 10.9 Å². The van der Waals surface area contributed by atoms with Gasteiger partial charge in [0, 0.05) is 33.3 Å². The summed E-state index contributed by atoms with van der Waals surface area (Å²) in [7, 11) is 1.50. The second-order valence-electron chi connectivity index (χ2n) is 7.08. The predicted octanol–water partition coefficient (Wildman–Crippen LogP) is 5.83. The molecular weight excluding hydrogens is 483 g/mol. The maximum atomic E-state index is 12.3. The van der Waals surface area contributed by atoms with Crippen LogP contribution in [0.3, 0.4) is 0 Å². The van der Waals surface area contributed by atoms with Crippen molar-refractivity contribution in [3.63, 3.8) is 0 Å². The highest BCUT2D eigenvalue weighted by atomic mass is 35.5. The number of carbonyl (C=O) groups excluding carboxylic acids is 1. The number of rotatable bonds is 7. The Labute approximate surface area is 204 Å². The van der Waals surface area contributed by atoms with Crippen LogP contribution in [0.15, 0.2) is 71.4 Å². The molecule has 10 heteroatoms. The van der Waals surface area contributed by atoms with Crippen LogP contribution in [-0.4, -0.2) is 23.9 Å². The second kappa shape index (κ2) is 9.94. The lowest BCUT2D eigenvalue weighted by atomic mass is 10.1. The van der Waals surface area contributed by atoms with Gasteiger partial charge in [0.25, 0.3) is 5.69 Å². The van der Waals surface area contributed by atoms with Gasteiger partial charge in [-0.1, -0.05) is 41.4 Å². The summed E-state index contributed by atoms with van der Waals surface area (Å²) in [6.45, 7) is 0.204. The first kappa shape index (κ1) is 23.3. The van der Waals surface area contributed by atoms with Crippen LogP contribution >= 0.6 is 23.2 Å². The highest BCUT2D eigenvalue weighted by Gasteiger charge is 2.25. The van der Waals surface area contributed by atoms with Gasteiger partial charge in [0.05, 0.1) is 12.0 Å². The van der Waals surface area contributed by atoms with Gasteiger partial charge in [0.2, 0.25) is 5.90 Å². The largest absolute Gasteiger partial charge is 0.493 e. The average molecular weight is 499 g/mol. The van der Waals surface area contributed by atoms with Gasteiger partial charge in [-0.05, 0) is 42.0 Å². The number of aliphatic imine (C=N–C) groups is 1. The fourth-order valence-electron chi connectivity index (χ4n) is 3.13. The molecule has 0 bridgehead atoms. The van der Waals surface area contributed by atoms with Crippen molar-refractivity contribution in [3.05, 3.63) is 103 Å². The van der Waals surface area contributed by atoms with Crippen molar-refractivity contribution < 1.29 is 23.9 Å². The number of nitro groups is 1. The fourth-order valence-corrected chi connectivity index (χ4v) is 3.59. The lowest BCUT2D eigenvalue weighted by Crippen LogP contribution is -2.05. The summed E-state index contributed by atoms with van der Waals surface area (Å²) in [5.41, 5.74) is 1.62. The summed E-state index contributed by atoms with van der Waals surface area (Å²) >= 11 is 12.1. The number of hydrogen-bond acceptors (Lipinski definition) is 7. The van der Waals surface area contributed by atoms with Crippen LogP contribution in [0.25, 0.3) is 6.08 Å². The monoisotopic (exact) mass is 498 g/mol. The molecule has 0 unspecified atom stereocenters. The Morgan fingerprint density at radius 2 is 1.91 bits per heavy atom. The molecule has 1 heterocycles. The minimum absolute atomic E-state index is 0.00767. The van der Waals surface area contributed by atoms with Gasteiger partial charge in [0.1, 0.15) is 6.61 Å². The van der Waals surface area contributed by atoms with E-state index in [9.17, 15) is 14.9 Å². The van der Waals surface area contributed by atoms with Crippen LogP contribution in [0.4, 0.5) is 5.69 Å². The van der Waals surface area contributed by atoms with E-state index in [2.05, 4.69) is 4.99 Å². The topological polar surface area (TPSA) is 100 Å². The summed E-state index contributed by atoms with van der Waals surface area (Å²) < 4.78 is 16.5. The minimum atomic E-state index is -0.668. The number of carbonyl (C=O) groups is 1. The Hall–Kier alpha value is -3.88. The molecule has 1 aliphatic rings. The summed E-state index contributed by atoms with van der Waals surface area (Å²) in [5, 5.41) is 12.0. The molecule has 34 heavy (non-hydrogen) atoms. The van der Waals surface area contributed by atoms with Crippen molar-refractivity contribution in [1.29, 1.82) is 0 Å². The van der Waals surface area contributed by atoms with Crippen molar-refractivity contribution in [1.82, 2.24) is 0 Å². The first-order valence-corrected chi connectivity index (χ1v) is 10.6. The Balaban J connectivity index is 1.55. The number of cyclic esters (lactones) is 1. The van der Waals surface area contributed by atoms with Gasteiger partial charge in [0.15, 0.2) is 17.2 Å². The molecule has 3 aromatic rings. The van der Waals surface area contributed by atoms with E-state index in [0.717, 1.165) is 5.56 Å². The molecule has 8 nitrogen and oxygen atoms in total. The molecule has 1 aliphatic heterocycles. The fraction of sp³-hybridized carbons (Fsp3) is 0.0833. The molecule has 0 saturated heterocycles. The number of benzene rings is 3. The molecule has 0 atom stereocenters. The normalized spacial score (nSPS) is 14.0. The molecule has 4 rings (SSSR count). The molecular formula is C24H16Cl2N2O6. The number of nitro benzene ring substituents is 1. The Morgan fingerprint density at radius 1 is 1.09 bits per heavy atom. The van der Waals surface area contributed by atoms with Crippen LogP contribution in [0.5, 0.6) is 11.5 Å². The standard InChI is InChI=1S/C24H16Cl2N2O6/c1-32-22-10-14(5-8-21(22)33-13-16-6-7-17(25)12-19(16)26)9-20-24(29)34-23(27-20)15-3-2-4-18(11-15)28(30)31/h2-12H,13H2,1H3. The summed E-state index contributed by atoms with van der Waals surface area (Å²) in [5.74, 6) is 0.240. The molecule has 0 fully saturated rings. The molecule has 172 valence electrons. The molecule has 0 aliphatic carbocycles. The quantitative estimate of drug-likeness (QED) is 0.175. The van der Waals surface area contributed by atoms with E-state index in [1.54, 1.807) is 42.5 Å². The third-order valence-electron chi connectivity index (χ3n) is 4.81. The first-order chi connectivity index (χ1) is 16.3. The molecule has 0 N–H and O–H groups in total. The maximum absolute atomic E-state index is 12.3.